The van der Waals surface area contributed by atoms with Gasteiger partial charge in [0.15, 0.2) is 5.79 Å². The highest BCUT2D eigenvalue weighted by molar-refractivity contribution is 5.04. The molecule has 0 aliphatic carbocycles. The molecule has 3 heteroatoms. The van der Waals surface area contributed by atoms with Crippen molar-refractivity contribution < 1.29 is 9.47 Å². The van der Waals surface area contributed by atoms with Gasteiger partial charge in [-0.25, -0.2) is 0 Å². The number of rotatable bonds is 30. The van der Waals surface area contributed by atoms with Crippen LogP contribution in [0.3, 0.4) is 0 Å². The minimum Gasteiger partial charge on any atom is -0.344 e. The molecule has 3 fully saturated rings. The summed E-state index contributed by atoms with van der Waals surface area (Å²) in [7, 11) is 2.33. The zero-order valence-electron chi connectivity index (χ0n) is 32.2. The number of ether oxygens (including phenoxy) is 2. The van der Waals surface area contributed by atoms with Crippen molar-refractivity contribution in [2.24, 2.45) is 0 Å². The molecule has 3 heterocycles. The Bertz CT molecular complexity index is 841. The average Bonchev–Trinajstić information content (AvgIpc) is 3.58. The minimum atomic E-state index is -0.314. The molecule has 0 amide bonds. The van der Waals surface area contributed by atoms with Gasteiger partial charge in [0.05, 0.1) is 6.10 Å². The topological polar surface area (TPSA) is 21.7 Å². The first-order valence-corrected chi connectivity index (χ1v) is 21.4. The summed E-state index contributed by atoms with van der Waals surface area (Å²) in [5, 5.41) is 0. The Morgan fingerprint density at radius 2 is 0.958 bits per heavy atom. The molecule has 0 radical (unpaired) electrons. The van der Waals surface area contributed by atoms with Crippen molar-refractivity contribution in [3.8, 4) is 0 Å². The number of likely N-dealkylation sites (N-methyl/N-ethyl adjacent to an activating group) is 1. The average molecular weight is 666 g/mol. The highest BCUT2D eigenvalue weighted by Crippen LogP contribution is 2.47. The summed E-state index contributed by atoms with van der Waals surface area (Å²) in [6.45, 7) is 4.55. The zero-order chi connectivity index (χ0) is 34.0. The van der Waals surface area contributed by atoms with Gasteiger partial charge in [0.2, 0.25) is 0 Å². The molecule has 3 aliphatic rings. The molecule has 0 aromatic carbocycles. The summed E-state index contributed by atoms with van der Waals surface area (Å²) >= 11 is 0. The molecule has 3 rings (SSSR count). The molecular formula is C45H79NO2. The lowest BCUT2D eigenvalue weighted by molar-refractivity contribution is -0.188. The van der Waals surface area contributed by atoms with E-state index in [0.717, 1.165) is 25.7 Å². The number of fused-ring (bicyclic) bond motifs is 4. The van der Waals surface area contributed by atoms with Crippen LogP contribution in [0.5, 0.6) is 0 Å². The SMILES string of the molecule is CCCCC/C=C\C/C=C\CCCCCCCCC1(CCCCCCCC/C=C\C/C=C\CCCCC)O[C@H]2[C@H]3CC[C@@H](C[C@H]2O1)N3C. The fraction of sp³-hybridized carbons (Fsp3) is 0.822. The van der Waals surface area contributed by atoms with E-state index in [9.17, 15) is 0 Å². The maximum absolute atomic E-state index is 7.01. The lowest BCUT2D eigenvalue weighted by atomic mass is 9.98. The van der Waals surface area contributed by atoms with Crippen molar-refractivity contribution in [3.63, 3.8) is 0 Å². The molecule has 0 unspecified atom stereocenters. The number of nitrogens with zero attached hydrogens (tertiary/aromatic N) is 1. The number of unbranched alkanes of at least 4 members (excludes halogenated alkanes) is 18. The van der Waals surface area contributed by atoms with E-state index in [1.165, 1.54) is 161 Å². The Hall–Kier alpha value is -1.16. The predicted octanol–water partition coefficient (Wildman–Crippen LogP) is 13.7. The molecule has 4 atom stereocenters. The van der Waals surface area contributed by atoms with Crippen molar-refractivity contribution in [2.75, 3.05) is 7.05 Å². The second-order valence-electron chi connectivity index (χ2n) is 15.5. The van der Waals surface area contributed by atoms with Crippen LogP contribution in [-0.4, -0.2) is 42.0 Å². The van der Waals surface area contributed by atoms with Crippen LogP contribution < -0.4 is 0 Å². The summed E-state index contributed by atoms with van der Waals surface area (Å²) in [5.41, 5.74) is 0. The summed E-state index contributed by atoms with van der Waals surface area (Å²) in [6.07, 6.45) is 56.7. The van der Waals surface area contributed by atoms with Gasteiger partial charge in [-0.2, -0.15) is 0 Å². The number of allylic oxidation sites excluding steroid dienone is 8. The first kappa shape index (κ1) is 41.3. The van der Waals surface area contributed by atoms with Gasteiger partial charge in [0, 0.05) is 24.9 Å². The van der Waals surface area contributed by atoms with Gasteiger partial charge in [-0.15, -0.1) is 0 Å². The molecule has 3 saturated heterocycles. The Morgan fingerprint density at radius 3 is 1.44 bits per heavy atom. The molecular weight excluding hydrogens is 587 g/mol. The van der Waals surface area contributed by atoms with Crippen molar-refractivity contribution in [2.45, 2.75) is 230 Å². The van der Waals surface area contributed by atoms with Gasteiger partial charge < -0.3 is 9.47 Å². The van der Waals surface area contributed by atoms with Crippen LogP contribution in [-0.2, 0) is 9.47 Å². The normalized spacial score (nSPS) is 24.0. The first-order chi connectivity index (χ1) is 23.7. The van der Waals surface area contributed by atoms with Crippen LogP contribution >= 0.6 is 0 Å². The molecule has 0 saturated carbocycles. The van der Waals surface area contributed by atoms with E-state index in [-0.39, 0.29) is 5.79 Å². The van der Waals surface area contributed by atoms with E-state index in [1.807, 2.05) is 0 Å². The van der Waals surface area contributed by atoms with Gasteiger partial charge in [0.25, 0.3) is 0 Å². The number of hydrogen-bond donors (Lipinski definition) is 0. The Balaban J connectivity index is 1.25. The largest absolute Gasteiger partial charge is 0.344 e. The predicted molar refractivity (Wildman–Crippen MR) is 210 cm³/mol. The second kappa shape index (κ2) is 26.6. The monoisotopic (exact) mass is 666 g/mol. The fourth-order valence-electron chi connectivity index (χ4n) is 8.32. The third kappa shape index (κ3) is 16.7. The van der Waals surface area contributed by atoms with E-state index in [4.69, 9.17) is 9.47 Å². The molecule has 0 aromatic rings. The van der Waals surface area contributed by atoms with E-state index >= 15 is 0 Å². The summed E-state index contributed by atoms with van der Waals surface area (Å²) in [5.74, 6) is -0.314. The molecule has 3 nitrogen and oxygen atoms in total. The van der Waals surface area contributed by atoms with Crippen molar-refractivity contribution in [1.29, 1.82) is 0 Å². The van der Waals surface area contributed by atoms with Gasteiger partial charge in [-0.1, -0.05) is 140 Å². The molecule has 276 valence electrons. The second-order valence-corrected chi connectivity index (χ2v) is 15.5. The summed E-state index contributed by atoms with van der Waals surface area (Å²) in [6, 6.07) is 1.28. The van der Waals surface area contributed by atoms with E-state index in [1.54, 1.807) is 0 Å². The Kier molecular flexibility index (Phi) is 22.9. The van der Waals surface area contributed by atoms with E-state index < -0.39 is 0 Å². The Labute approximate surface area is 299 Å². The van der Waals surface area contributed by atoms with Gasteiger partial charge in [0.1, 0.15) is 6.10 Å². The van der Waals surface area contributed by atoms with Crippen LogP contribution in [0.4, 0.5) is 0 Å². The Morgan fingerprint density at radius 1 is 0.521 bits per heavy atom. The van der Waals surface area contributed by atoms with Gasteiger partial charge in [-0.3, -0.25) is 4.90 Å². The third-order valence-corrected chi connectivity index (χ3v) is 11.4. The summed E-state index contributed by atoms with van der Waals surface area (Å²) < 4.78 is 14.0. The molecule has 0 spiro atoms. The number of piperidine rings is 1. The van der Waals surface area contributed by atoms with Crippen LogP contribution in [0.2, 0.25) is 0 Å². The van der Waals surface area contributed by atoms with Crippen molar-refractivity contribution >= 4 is 0 Å². The summed E-state index contributed by atoms with van der Waals surface area (Å²) in [4.78, 5) is 2.61. The minimum absolute atomic E-state index is 0.294. The molecule has 0 aromatic heterocycles. The lowest BCUT2D eigenvalue weighted by Gasteiger charge is -2.37. The van der Waals surface area contributed by atoms with Crippen molar-refractivity contribution in [3.05, 3.63) is 48.6 Å². The zero-order valence-corrected chi connectivity index (χ0v) is 32.2. The van der Waals surface area contributed by atoms with Gasteiger partial charge >= 0.3 is 0 Å². The standard InChI is InChI=1S/C45H79NO2/c1-4-6-8-10-12-14-16-18-20-22-24-26-28-30-32-34-38-45(47-43-40-41-36-37-42(46(41)3)44(43)48-45)39-35-33-31-29-27-25-23-21-19-17-15-13-11-9-7-5-2/h12-15,18-21,41-44H,4-11,16-17,22-40H2,1-3H3/b14-12-,15-13-,20-18-,21-19-/t41-,42+,43+,44-/m0/s1. The smallest absolute Gasteiger partial charge is 0.169 e. The molecule has 48 heavy (non-hydrogen) atoms. The van der Waals surface area contributed by atoms with Crippen LogP contribution in [0.25, 0.3) is 0 Å². The molecule has 0 N–H and O–H groups in total. The molecule has 3 aliphatic heterocycles. The van der Waals surface area contributed by atoms with Crippen LogP contribution in [0, 0.1) is 0 Å². The highest BCUT2D eigenvalue weighted by Gasteiger charge is 2.56. The maximum atomic E-state index is 7.01. The quantitative estimate of drug-likeness (QED) is 0.0563. The van der Waals surface area contributed by atoms with Gasteiger partial charge in [-0.05, 0) is 103 Å². The third-order valence-electron chi connectivity index (χ3n) is 11.4. The fourth-order valence-corrected chi connectivity index (χ4v) is 8.32. The van der Waals surface area contributed by atoms with Crippen LogP contribution in [0.15, 0.2) is 48.6 Å². The number of hydrogen-bond acceptors (Lipinski definition) is 3. The van der Waals surface area contributed by atoms with Crippen molar-refractivity contribution in [1.82, 2.24) is 4.90 Å². The molecule has 2 bridgehead atoms. The highest BCUT2D eigenvalue weighted by atomic mass is 16.8. The van der Waals surface area contributed by atoms with E-state index in [0.29, 0.717) is 24.3 Å². The first-order valence-electron chi connectivity index (χ1n) is 21.4. The van der Waals surface area contributed by atoms with Crippen LogP contribution in [0.1, 0.15) is 200 Å². The lowest BCUT2D eigenvalue weighted by Crippen LogP contribution is -2.51. The van der Waals surface area contributed by atoms with E-state index in [2.05, 4.69) is 74.4 Å². The maximum Gasteiger partial charge on any atom is 0.169 e.